The van der Waals surface area contributed by atoms with Crippen LogP contribution in [0.2, 0.25) is 0 Å². The molecule has 0 amide bonds. The number of ether oxygens (including phenoxy) is 1. The number of nitrogens with one attached hydrogen (secondary N) is 2. The van der Waals surface area contributed by atoms with Crippen LogP contribution in [0.5, 0.6) is 0 Å². The van der Waals surface area contributed by atoms with Crippen molar-refractivity contribution in [2.45, 2.75) is 30.6 Å². The van der Waals surface area contributed by atoms with Crippen molar-refractivity contribution in [3.05, 3.63) is 17.7 Å². The highest BCUT2D eigenvalue weighted by molar-refractivity contribution is 7.99. The lowest BCUT2D eigenvalue weighted by Gasteiger charge is -2.06. The molecule has 0 unspecified atom stereocenters. The van der Waals surface area contributed by atoms with E-state index < -0.39 is 0 Å². The summed E-state index contributed by atoms with van der Waals surface area (Å²) in [5.41, 5.74) is 2.51. The highest BCUT2D eigenvalue weighted by Gasteiger charge is 2.08. The standard InChI is InChI=1S/C10H15N7OS/c1-3-18-5-8-13-7(15-11)4-9(14-8)19-10-12-6(2)16-17-10/h4H,3,5,11H2,1-2H3,(H,12,16,17)(H,13,14,15). The first-order valence-electron chi connectivity index (χ1n) is 5.70. The summed E-state index contributed by atoms with van der Waals surface area (Å²) in [6.45, 7) is 4.69. The molecule has 0 saturated carbocycles. The molecule has 4 N–H and O–H groups in total. The molecule has 0 aromatic carbocycles. The molecular weight excluding hydrogens is 266 g/mol. The minimum atomic E-state index is 0.340. The first-order chi connectivity index (χ1) is 9.21. The second kappa shape index (κ2) is 6.45. The minimum absolute atomic E-state index is 0.340. The van der Waals surface area contributed by atoms with Crippen molar-refractivity contribution in [3.8, 4) is 0 Å². The molecular formula is C10H15N7OS. The van der Waals surface area contributed by atoms with Crippen LogP contribution in [0.25, 0.3) is 0 Å². The topological polar surface area (TPSA) is 115 Å². The summed E-state index contributed by atoms with van der Waals surface area (Å²) in [7, 11) is 0. The third-order valence-corrected chi connectivity index (χ3v) is 2.89. The molecule has 0 aliphatic carbocycles. The van der Waals surface area contributed by atoms with Crippen LogP contribution in [0, 0.1) is 6.92 Å². The highest BCUT2D eigenvalue weighted by Crippen LogP contribution is 2.24. The number of aromatic amines is 1. The predicted octanol–water partition coefficient (Wildman–Crippen LogP) is 0.876. The van der Waals surface area contributed by atoms with Gasteiger partial charge in [0.1, 0.15) is 23.3 Å². The van der Waals surface area contributed by atoms with E-state index in [0.29, 0.717) is 35.0 Å². The lowest BCUT2D eigenvalue weighted by Crippen LogP contribution is -2.11. The van der Waals surface area contributed by atoms with Crippen molar-refractivity contribution in [2.24, 2.45) is 5.84 Å². The average Bonchev–Trinajstić information content (AvgIpc) is 2.81. The molecule has 0 spiro atoms. The van der Waals surface area contributed by atoms with Gasteiger partial charge in [-0.05, 0) is 25.6 Å². The van der Waals surface area contributed by atoms with Crippen molar-refractivity contribution in [3.63, 3.8) is 0 Å². The second-order valence-corrected chi connectivity index (χ2v) is 4.58. The van der Waals surface area contributed by atoms with Crippen molar-refractivity contribution < 1.29 is 4.74 Å². The van der Waals surface area contributed by atoms with Gasteiger partial charge >= 0.3 is 0 Å². The van der Waals surface area contributed by atoms with Gasteiger partial charge in [0, 0.05) is 12.7 Å². The lowest BCUT2D eigenvalue weighted by atomic mass is 10.5. The molecule has 102 valence electrons. The molecule has 0 aliphatic heterocycles. The Labute approximate surface area is 114 Å². The van der Waals surface area contributed by atoms with Gasteiger partial charge < -0.3 is 10.2 Å². The van der Waals surface area contributed by atoms with E-state index in [1.54, 1.807) is 6.07 Å². The van der Waals surface area contributed by atoms with Crippen LogP contribution in [-0.4, -0.2) is 31.8 Å². The van der Waals surface area contributed by atoms with E-state index in [4.69, 9.17) is 10.6 Å². The number of hydrogen-bond donors (Lipinski definition) is 3. The largest absolute Gasteiger partial charge is 0.374 e. The van der Waals surface area contributed by atoms with Crippen molar-refractivity contribution in [1.29, 1.82) is 0 Å². The maximum Gasteiger partial charge on any atom is 0.214 e. The van der Waals surface area contributed by atoms with E-state index >= 15 is 0 Å². The quantitative estimate of drug-likeness (QED) is 0.406. The first kappa shape index (κ1) is 13.7. The van der Waals surface area contributed by atoms with Gasteiger partial charge in [-0.1, -0.05) is 0 Å². The van der Waals surface area contributed by atoms with Crippen LogP contribution in [0.3, 0.4) is 0 Å². The summed E-state index contributed by atoms with van der Waals surface area (Å²) in [4.78, 5) is 12.8. The number of nitrogens with zero attached hydrogens (tertiary/aromatic N) is 4. The maximum atomic E-state index is 5.39. The van der Waals surface area contributed by atoms with E-state index in [1.807, 2.05) is 13.8 Å². The van der Waals surface area contributed by atoms with Gasteiger partial charge in [0.25, 0.3) is 0 Å². The van der Waals surface area contributed by atoms with E-state index in [-0.39, 0.29) is 0 Å². The smallest absolute Gasteiger partial charge is 0.214 e. The summed E-state index contributed by atoms with van der Waals surface area (Å²) in [6, 6.07) is 1.73. The number of hydrazine groups is 1. The molecule has 2 rings (SSSR count). The van der Waals surface area contributed by atoms with Gasteiger partial charge in [-0.25, -0.2) is 20.8 Å². The molecule has 0 radical (unpaired) electrons. The van der Waals surface area contributed by atoms with E-state index in [2.05, 4.69) is 30.6 Å². The molecule has 2 heterocycles. The Morgan fingerprint density at radius 1 is 1.42 bits per heavy atom. The Balaban J connectivity index is 2.18. The highest BCUT2D eigenvalue weighted by atomic mass is 32.2. The molecule has 0 atom stereocenters. The average molecular weight is 281 g/mol. The fourth-order valence-electron chi connectivity index (χ4n) is 1.32. The Morgan fingerprint density at radius 3 is 2.89 bits per heavy atom. The molecule has 19 heavy (non-hydrogen) atoms. The molecule has 0 bridgehead atoms. The van der Waals surface area contributed by atoms with E-state index in [9.17, 15) is 0 Å². The zero-order chi connectivity index (χ0) is 13.7. The number of nitrogens with two attached hydrogens (primary N) is 1. The fourth-order valence-corrected chi connectivity index (χ4v) is 2.10. The monoisotopic (exact) mass is 281 g/mol. The number of rotatable bonds is 6. The summed E-state index contributed by atoms with van der Waals surface area (Å²) in [5.74, 6) is 7.23. The normalized spacial score (nSPS) is 10.7. The minimum Gasteiger partial charge on any atom is -0.374 e. The zero-order valence-corrected chi connectivity index (χ0v) is 11.5. The summed E-state index contributed by atoms with van der Waals surface area (Å²) >= 11 is 1.33. The number of H-pyrrole nitrogens is 1. The van der Waals surface area contributed by atoms with Gasteiger partial charge in [0.2, 0.25) is 5.16 Å². The molecule has 0 fully saturated rings. The maximum absolute atomic E-state index is 5.39. The van der Waals surface area contributed by atoms with Crippen LogP contribution in [0.15, 0.2) is 16.2 Å². The number of aryl methyl sites for hydroxylation is 1. The van der Waals surface area contributed by atoms with Crippen LogP contribution in [0.1, 0.15) is 18.6 Å². The van der Waals surface area contributed by atoms with Gasteiger partial charge in [0.15, 0.2) is 5.82 Å². The Morgan fingerprint density at radius 2 is 2.26 bits per heavy atom. The Hall–Kier alpha value is -1.71. The summed E-state index contributed by atoms with van der Waals surface area (Å²) in [5, 5.41) is 8.12. The Bertz CT molecular complexity index is 544. The van der Waals surface area contributed by atoms with Crippen LogP contribution >= 0.6 is 11.8 Å². The third kappa shape index (κ3) is 3.88. The fraction of sp³-hybridized carbons (Fsp3) is 0.400. The molecule has 2 aromatic rings. The number of nitrogen functional groups attached to an aromatic ring is 1. The van der Waals surface area contributed by atoms with Crippen LogP contribution in [-0.2, 0) is 11.3 Å². The van der Waals surface area contributed by atoms with Gasteiger partial charge in [-0.3, -0.25) is 5.10 Å². The van der Waals surface area contributed by atoms with Crippen molar-refractivity contribution >= 4 is 17.6 Å². The van der Waals surface area contributed by atoms with E-state index in [0.717, 1.165) is 5.82 Å². The van der Waals surface area contributed by atoms with Crippen LogP contribution < -0.4 is 11.3 Å². The van der Waals surface area contributed by atoms with Crippen LogP contribution in [0.4, 0.5) is 5.82 Å². The predicted molar refractivity (Wildman–Crippen MR) is 70.4 cm³/mol. The molecule has 8 nitrogen and oxygen atoms in total. The lowest BCUT2D eigenvalue weighted by molar-refractivity contribution is 0.128. The molecule has 2 aromatic heterocycles. The van der Waals surface area contributed by atoms with Crippen molar-refractivity contribution in [1.82, 2.24) is 25.1 Å². The van der Waals surface area contributed by atoms with E-state index in [1.165, 1.54) is 11.8 Å². The van der Waals surface area contributed by atoms with Gasteiger partial charge in [-0.2, -0.15) is 0 Å². The zero-order valence-electron chi connectivity index (χ0n) is 10.7. The molecule has 0 saturated heterocycles. The summed E-state index contributed by atoms with van der Waals surface area (Å²) in [6.07, 6.45) is 0. The number of aromatic nitrogens is 5. The Kier molecular flexibility index (Phi) is 4.66. The molecule has 9 heteroatoms. The molecule has 0 aliphatic rings. The van der Waals surface area contributed by atoms with Gasteiger partial charge in [-0.15, -0.1) is 5.10 Å². The first-order valence-corrected chi connectivity index (χ1v) is 6.52. The third-order valence-electron chi connectivity index (χ3n) is 2.10. The second-order valence-electron chi connectivity index (χ2n) is 3.59. The SMILES string of the molecule is CCOCc1nc(NN)cc(Sc2n[nH]c(C)n2)n1. The number of anilines is 1. The number of hydrogen-bond acceptors (Lipinski definition) is 8. The van der Waals surface area contributed by atoms with Gasteiger partial charge in [0.05, 0.1) is 0 Å². The summed E-state index contributed by atoms with van der Waals surface area (Å²) < 4.78 is 5.29. The van der Waals surface area contributed by atoms with Crippen molar-refractivity contribution in [2.75, 3.05) is 12.0 Å².